The van der Waals surface area contributed by atoms with Gasteiger partial charge in [0.1, 0.15) is 6.04 Å². The Morgan fingerprint density at radius 1 is 1.20 bits per heavy atom. The minimum absolute atomic E-state index is 0.292. The Morgan fingerprint density at radius 3 is 2.52 bits per heavy atom. The molecule has 1 N–H and O–H groups in total. The second kappa shape index (κ2) is 6.89. The Hall–Kier alpha value is -1.72. The van der Waals surface area contributed by atoms with Crippen LogP contribution >= 0.6 is 0 Å². The molecule has 5 heteroatoms. The van der Waals surface area contributed by atoms with E-state index in [1.54, 1.807) is 6.92 Å². The molecule has 2 aromatic carbocycles. The van der Waals surface area contributed by atoms with Crippen molar-refractivity contribution in [3.63, 3.8) is 0 Å². The van der Waals surface area contributed by atoms with E-state index < -0.39 is 21.8 Å². The van der Waals surface area contributed by atoms with Gasteiger partial charge in [-0.05, 0) is 68.0 Å². The highest BCUT2D eigenvalue weighted by Gasteiger charge is 2.31. The third kappa shape index (κ3) is 3.48. The highest BCUT2D eigenvalue weighted by Crippen LogP contribution is 2.35. The number of hydrogen-bond acceptors (Lipinski definition) is 3. The summed E-state index contributed by atoms with van der Waals surface area (Å²) < 4.78 is 20.4. The van der Waals surface area contributed by atoms with Gasteiger partial charge in [0.2, 0.25) is 0 Å². The normalized spacial score (nSPS) is 16.0. The van der Waals surface area contributed by atoms with E-state index in [0.717, 1.165) is 23.8 Å². The van der Waals surface area contributed by atoms with Crippen LogP contribution in [0.1, 0.15) is 50.4 Å². The van der Waals surface area contributed by atoms with Crippen molar-refractivity contribution < 1.29 is 13.7 Å². The van der Waals surface area contributed by atoms with Gasteiger partial charge in [-0.1, -0.05) is 30.3 Å². The van der Waals surface area contributed by atoms with Crippen molar-refractivity contribution in [3.05, 3.63) is 47.0 Å². The van der Waals surface area contributed by atoms with Crippen LogP contribution in [0.4, 0.5) is 0 Å². The van der Waals surface area contributed by atoms with E-state index in [1.807, 2.05) is 39.0 Å². The van der Waals surface area contributed by atoms with E-state index in [1.165, 1.54) is 16.5 Å². The average molecular weight is 359 g/mol. The smallest absolute Gasteiger partial charge is 0.328 e. The molecule has 0 unspecified atom stereocenters. The lowest BCUT2D eigenvalue weighted by atomic mass is 9.96. The predicted octanol–water partition coefficient (Wildman–Crippen LogP) is 3.59. The van der Waals surface area contributed by atoms with E-state index in [9.17, 15) is 9.00 Å². The minimum Gasteiger partial charge on any atom is -0.465 e. The van der Waals surface area contributed by atoms with Crippen molar-refractivity contribution in [1.29, 1.82) is 0 Å². The summed E-state index contributed by atoms with van der Waals surface area (Å²) in [4.78, 5) is 12.6. The van der Waals surface area contributed by atoms with Crippen LogP contribution in [0.2, 0.25) is 0 Å². The molecule has 0 radical (unpaired) electrons. The van der Waals surface area contributed by atoms with Crippen LogP contribution < -0.4 is 4.72 Å². The number of carbonyl (C=O) groups is 1. The first-order chi connectivity index (χ1) is 11.8. The predicted molar refractivity (Wildman–Crippen MR) is 102 cm³/mol. The Balaban J connectivity index is 2.09. The van der Waals surface area contributed by atoms with Crippen molar-refractivity contribution in [1.82, 2.24) is 4.72 Å². The lowest BCUT2D eigenvalue weighted by Crippen LogP contribution is -2.39. The number of aryl methyl sites for hydroxylation is 2. The molecule has 0 saturated carbocycles. The summed E-state index contributed by atoms with van der Waals surface area (Å²) in [5.74, 6) is -0.390. The first-order valence-electron chi connectivity index (χ1n) is 8.71. The van der Waals surface area contributed by atoms with Gasteiger partial charge in [0, 0.05) is 0 Å². The summed E-state index contributed by atoms with van der Waals surface area (Å²) in [6.45, 7) is 7.72. The minimum atomic E-state index is -1.38. The number of hydrogen-bond donors (Lipinski definition) is 1. The number of benzene rings is 2. The number of rotatable bonds is 5. The maximum absolute atomic E-state index is 12.6. The van der Waals surface area contributed by atoms with Gasteiger partial charge in [-0.2, -0.15) is 0 Å². The zero-order valence-electron chi connectivity index (χ0n) is 15.2. The fraction of sp³-hybridized carbons (Fsp3) is 0.450. The summed E-state index contributed by atoms with van der Waals surface area (Å²) in [5.41, 5.74) is 3.46. The van der Waals surface area contributed by atoms with Gasteiger partial charge < -0.3 is 4.74 Å². The molecular formula is C20H25NO3S. The Kier molecular flexibility index (Phi) is 4.98. The molecule has 0 spiro atoms. The Bertz CT molecular complexity index is 828. The quantitative estimate of drug-likeness (QED) is 0.830. The van der Waals surface area contributed by atoms with Gasteiger partial charge in [-0.25, -0.2) is 13.7 Å². The van der Waals surface area contributed by atoms with Crippen LogP contribution in [0.3, 0.4) is 0 Å². The van der Waals surface area contributed by atoms with Gasteiger partial charge >= 0.3 is 5.97 Å². The summed E-state index contributed by atoms with van der Waals surface area (Å²) in [7, 11) is -1.38. The first kappa shape index (κ1) is 18.1. The van der Waals surface area contributed by atoms with Gasteiger partial charge in [-0.15, -0.1) is 0 Å². The zero-order chi connectivity index (χ0) is 18.2. The van der Waals surface area contributed by atoms with E-state index in [2.05, 4.69) is 16.9 Å². The SMILES string of the molecule is CCOC(=O)[C@H](N[S@](=O)C(C)(C)C)c1ccc2c3c(cccc13)CC2. The highest BCUT2D eigenvalue weighted by atomic mass is 32.2. The number of carbonyl (C=O) groups excluding carboxylic acids is 1. The van der Waals surface area contributed by atoms with E-state index in [4.69, 9.17) is 4.74 Å². The van der Waals surface area contributed by atoms with E-state index in [0.29, 0.717) is 6.61 Å². The van der Waals surface area contributed by atoms with Crippen molar-refractivity contribution in [3.8, 4) is 0 Å². The highest BCUT2D eigenvalue weighted by molar-refractivity contribution is 7.84. The van der Waals surface area contributed by atoms with Crippen molar-refractivity contribution in [2.45, 2.75) is 51.3 Å². The van der Waals surface area contributed by atoms with Crippen molar-refractivity contribution in [2.24, 2.45) is 0 Å². The second-order valence-corrected chi connectivity index (χ2v) is 9.34. The first-order valence-corrected chi connectivity index (χ1v) is 9.86. The molecule has 0 amide bonds. The third-order valence-corrected chi connectivity index (χ3v) is 6.09. The summed E-state index contributed by atoms with van der Waals surface area (Å²) in [6.07, 6.45) is 2.06. The van der Waals surface area contributed by atoms with Gasteiger partial charge in [0.25, 0.3) is 0 Å². The lowest BCUT2D eigenvalue weighted by Gasteiger charge is -2.24. The molecule has 0 aliphatic heterocycles. The summed E-state index contributed by atoms with van der Waals surface area (Å²) in [6, 6.07) is 9.52. The number of nitrogens with one attached hydrogen (secondary N) is 1. The van der Waals surface area contributed by atoms with Crippen LogP contribution in [0.5, 0.6) is 0 Å². The monoisotopic (exact) mass is 359 g/mol. The fourth-order valence-electron chi connectivity index (χ4n) is 3.27. The molecule has 0 saturated heterocycles. The average Bonchev–Trinajstić information content (AvgIpc) is 2.98. The lowest BCUT2D eigenvalue weighted by molar-refractivity contribution is -0.145. The van der Waals surface area contributed by atoms with Crippen LogP contribution in [0.25, 0.3) is 10.8 Å². The van der Waals surface area contributed by atoms with Crippen molar-refractivity contribution >= 4 is 27.7 Å². The van der Waals surface area contributed by atoms with Crippen LogP contribution in [-0.2, 0) is 33.4 Å². The molecule has 0 heterocycles. The topological polar surface area (TPSA) is 55.4 Å². The molecule has 0 bridgehead atoms. The largest absolute Gasteiger partial charge is 0.465 e. The maximum atomic E-state index is 12.6. The molecule has 1 aliphatic rings. The van der Waals surface area contributed by atoms with Crippen molar-refractivity contribution in [2.75, 3.05) is 6.61 Å². The molecule has 3 rings (SSSR count). The zero-order valence-corrected chi connectivity index (χ0v) is 16.0. The van der Waals surface area contributed by atoms with Gasteiger partial charge in [-0.3, -0.25) is 0 Å². The molecular weight excluding hydrogens is 334 g/mol. The maximum Gasteiger partial charge on any atom is 0.328 e. The summed E-state index contributed by atoms with van der Waals surface area (Å²) >= 11 is 0. The third-order valence-electron chi connectivity index (χ3n) is 4.53. The van der Waals surface area contributed by atoms with E-state index in [-0.39, 0.29) is 5.97 Å². The molecule has 2 atom stereocenters. The van der Waals surface area contributed by atoms with Crippen LogP contribution in [-0.4, -0.2) is 21.5 Å². The molecule has 4 nitrogen and oxygen atoms in total. The van der Waals surface area contributed by atoms with Crippen LogP contribution in [0, 0.1) is 0 Å². The van der Waals surface area contributed by atoms with Crippen LogP contribution in [0.15, 0.2) is 30.3 Å². The fourth-order valence-corrected chi connectivity index (χ4v) is 4.06. The molecule has 25 heavy (non-hydrogen) atoms. The molecule has 2 aromatic rings. The Morgan fingerprint density at radius 2 is 1.88 bits per heavy atom. The molecule has 134 valence electrons. The molecule has 0 aromatic heterocycles. The number of esters is 1. The summed E-state index contributed by atoms with van der Waals surface area (Å²) in [5, 5.41) is 2.28. The second-order valence-electron chi connectivity index (χ2n) is 7.34. The number of ether oxygens (including phenoxy) is 1. The van der Waals surface area contributed by atoms with Gasteiger partial charge in [0.15, 0.2) is 0 Å². The Labute approximate surface area is 151 Å². The standard InChI is InChI=1S/C20H25NO3S/c1-5-24-19(22)18(21-25(23)20(2,3)4)16-12-11-14-10-9-13-7-6-8-15(16)17(13)14/h6-8,11-12,18,21H,5,9-10H2,1-4H3/t18-,25-/m1/s1. The molecule has 1 aliphatic carbocycles. The molecule has 0 fully saturated rings. The van der Waals surface area contributed by atoms with E-state index >= 15 is 0 Å². The van der Waals surface area contributed by atoms with Gasteiger partial charge in [0.05, 0.1) is 22.3 Å².